The van der Waals surface area contributed by atoms with Gasteiger partial charge in [0.15, 0.2) is 0 Å². The molecule has 2 heterocycles. The quantitative estimate of drug-likeness (QED) is 0.317. The van der Waals surface area contributed by atoms with Crippen molar-refractivity contribution in [1.29, 1.82) is 0 Å². The van der Waals surface area contributed by atoms with E-state index in [9.17, 15) is 29.1 Å². The molecule has 12 nitrogen and oxygen atoms in total. The lowest BCUT2D eigenvalue weighted by Gasteiger charge is -2.49. The summed E-state index contributed by atoms with van der Waals surface area (Å²) in [6, 6.07) is 4.13. The summed E-state index contributed by atoms with van der Waals surface area (Å²) in [5.74, 6) is -2.87. The normalized spacial score (nSPS) is 20.3. The summed E-state index contributed by atoms with van der Waals surface area (Å²) < 4.78 is 4.71. The molecule has 176 valence electrons. The second kappa shape index (κ2) is 9.92. The van der Waals surface area contributed by atoms with Gasteiger partial charge < -0.3 is 26.0 Å². The number of ether oxygens (including phenoxy) is 1. The number of rotatable bonds is 8. The number of thioether (sulfide) groups is 1. The van der Waals surface area contributed by atoms with Gasteiger partial charge in [0.2, 0.25) is 5.91 Å². The van der Waals surface area contributed by atoms with Crippen LogP contribution in [0.15, 0.2) is 35.5 Å². The Morgan fingerprint density at radius 1 is 1.24 bits per heavy atom. The third kappa shape index (κ3) is 5.43. The van der Waals surface area contributed by atoms with E-state index in [1.807, 2.05) is 0 Å². The van der Waals surface area contributed by atoms with E-state index in [-0.39, 0.29) is 12.1 Å². The number of carbonyl (C=O) groups is 5. The number of hydrogen-bond donors (Lipinski definition) is 5. The molecule has 33 heavy (non-hydrogen) atoms. The number of nitrogens with one attached hydrogen (secondary N) is 2. The minimum absolute atomic E-state index is 0.0270. The SMILES string of the molecule is CC1=C(C(=O)O)N2C(=O)[C@@H](NC(=O)Cc3ccc(NC(=O)OC[C@@H](N)C(=O)O)cc3)[C@H]2SC1. The van der Waals surface area contributed by atoms with E-state index < -0.39 is 53.9 Å². The van der Waals surface area contributed by atoms with E-state index >= 15 is 0 Å². The second-order valence-corrected chi connectivity index (χ2v) is 8.54. The molecule has 6 N–H and O–H groups in total. The maximum absolute atomic E-state index is 12.4. The molecule has 1 aromatic rings. The van der Waals surface area contributed by atoms with Crippen molar-refractivity contribution in [3.05, 3.63) is 41.1 Å². The lowest BCUT2D eigenvalue weighted by atomic mass is 10.0. The van der Waals surface area contributed by atoms with Crippen LogP contribution in [-0.4, -0.2) is 74.8 Å². The zero-order chi connectivity index (χ0) is 24.3. The summed E-state index contributed by atoms with van der Waals surface area (Å²) in [5, 5.41) is 22.6. The molecule has 2 aliphatic heterocycles. The Labute approximate surface area is 192 Å². The molecule has 1 saturated heterocycles. The molecule has 3 atom stereocenters. The van der Waals surface area contributed by atoms with Gasteiger partial charge in [-0.05, 0) is 30.2 Å². The van der Waals surface area contributed by atoms with Gasteiger partial charge >= 0.3 is 18.0 Å². The number of carbonyl (C=O) groups excluding carboxylic acids is 3. The van der Waals surface area contributed by atoms with Crippen molar-refractivity contribution in [3.8, 4) is 0 Å². The Balaban J connectivity index is 1.50. The van der Waals surface area contributed by atoms with E-state index in [4.69, 9.17) is 15.6 Å². The number of carboxylic acid groups (broad SMARTS) is 2. The lowest BCUT2D eigenvalue weighted by Crippen LogP contribution is -2.70. The van der Waals surface area contributed by atoms with Crippen LogP contribution >= 0.6 is 11.8 Å². The molecule has 0 radical (unpaired) electrons. The van der Waals surface area contributed by atoms with Crippen LogP contribution < -0.4 is 16.4 Å². The monoisotopic (exact) mass is 478 g/mol. The maximum Gasteiger partial charge on any atom is 0.411 e. The van der Waals surface area contributed by atoms with Crippen LogP contribution in [0.1, 0.15) is 12.5 Å². The first-order valence-electron chi connectivity index (χ1n) is 9.76. The fraction of sp³-hybridized carbons (Fsp3) is 0.350. The Morgan fingerprint density at radius 3 is 2.52 bits per heavy atom. The summed E-state index contributed by atoms with van der Waals surface area (Å²) >= 11 is 1.39. The van der Waals surface area contributed by atoms with E-state index in [0.717, 1.165) is 0 Å². The number of amides is 3. The smallest absolute Gasteiger partial charge is 0.411 e. The van der Waals surface area contributed by atoms with Crippen molar-refractivity contribution < 1.29 is 38.9 Å². The van der Waals surface area contributed by atoms with Crippen LogP contribution in [0.4, 0.5) is 10.5 Å². The Kier molecular flexibility index (Phi) is 7.23. The Bertz CT molecular complexity index is 1030. The number of benzene rings is 1. The summed E-state index contributed by atoms with van der Waals surface area (Å²) in [5.41, 5.74) is 6.80. The number of carboxylic acids is 2. The van der Waals surface area contributed by atoms with Crippen molar-refractivity contribution >= 4 is 47.3 Å². The first-order valence-corrected chi connectivity index (χ1v) is 10.8. The van der Waals surface area contributed by atoms with Crippen LogP contribution in [-0.2, 0) is 30.3 Å². The fourth-order valence-electron chi connectivity index (χ4n) is 3.28. The predicted octanol–water partition coefficient (Wildman–Crippen LogP) is -0.0520. The number of hydrogen-bond acceptors (Lipinski definition) is 8. The highest BCUT2D eigenvalue weighted by molar-refractivity contribution is 8.00. The van der Waals surface area contributed by atoms with Crippen molar-refractivity contribution in [3.63, 3.8) is 0 Å². The Morgan fingerprint density at radius 2 is 1.91 bits per heavy atom. The molecule has 3 amide bonds. The third-order valence-electron chi connectivity index (χ3n) is 4.95. The highest BCUT2D eigenvalue weighted by Crippen LogP contribution is 2.40. The first kappa shape index (κ1) is 24.1. The van der Waals surface area contributed by atoms with Gasteiger partial charge in [0.1, 0.15) is 29.8 Å². The van der Waals surface area contributed by atoms with Gasteiger partial charge in [0.25, 0.3) is 5.91 Å². The van der Waals surface area contributed by atoms with E-state index in [2.05, 4.69) is 10.6 Å². The number of nitrogens with zero attached hydrogens (tertiary/aromatic N) is 1. The summed E-state index contributed by atoms with van der Waals surface area (Å²) in [6.45, 7) is 1.17. The molecule has 0 spiro atoms. The number of anilines is 1. The number of nitrogens with two attached hydrogens (primary N) is 1. The van der Waals surface area contributed by atoms with Gasteiger partial charge in [-0.15, -0.1) is 11.8 Å². The molecule has 1 fully saturated rings. The predicted molar refractivity (Wildman–Crippen MR) is 116 cm³/mol. The number of β-lactam (4-membered cyclic amide) rings is 1. The van der Waals surface area contributed by atoms with Crippen molar-refractivity contribution in [2.24, 2.45) is 5.73 Å². The molecule has 0 bridgehead atoms. The zero-order valence-corrected chi connectivity index (χ0v) is 18.3. The minimum atomic E-state index is -1.32. The highest BCUT2D eigenvalue weighted by Gasteiger charge is 2.53. The molecular weight excluding hydrogens is 456 g/mol. The largest absolute Gasteiger partial charge is 0.480 e. The molecule has 2 aliphatic rings. The van der Waals surface area contributed by atoms with Gasteiger partial charge in [-0.3, -0.25) is 24.6 Å². The number of fused-ring (bicyclic) bond motifs is 1. The summed E-state index contributed by atoms with van der Waals surface area (Å²) in [4.78, 5) is 59.8. The molecule has 0 unspecified atom stereocenters. The first-order chi connectivity index (χ1) is 15.6. The molecule has 0 saturated carbocycles. The van der Waals surface area contributed by atoms with E-state index in [1.165, 1.54) is 28.8 Å². The van der Waals surface area contributed by atoms with Crippen molar-refractivity contribution in [2.75, 3.05) is 17.7 Å². The van der Waals surface area contributed by atoms with Crippen LogP contribution in [0.3, 0.4) is 0 Å². The third-order valence-corrected chi connectivity index (χ3v) is 6.38. The average molecular weight is 478 g/mol. The second-order valence-electron chi connectivity index (χ2n) is 7.43. The highest BCUT2D eigenvalue weighted by atomic mass is 32.2. The van der Waals surface area contributed by atoms with Crippen LogP contribution in [0, 0.1) is 0 Å². The fourth-order valence-corrected chi connectivity index (χ4v) is 4.57. The van der Waals surface area contributed by atoms with Crippen LogP contribution in [0.5, 0.6) is 0 Å². The summed E-state index contributed by atoms with van der Waals surface area (Å²) in [7, 11) is 0. The van der Waals surface area contributed by atoms with Gasteiger partial charge in [-0.2, -0.15) is 0 Å². The van der Waals surface area contributed by atoms with Crippen molar-refractivity contribution in [1.82, 2.24) is 10.2 Å². The number of aliphatic carboxylic acids is 2. The van der Waals surface area contributed by atoms with Gasteiger partial charge in [-0.1, -0.05) is 12.1 Å². The molecule has 0 aromatic heterocycles. The molecule has 3 rings (SSSR count). The molecular formula is C20H22N4O8S. The van der Waals surface area contributed by atoms with Gasteiger partial charge in [0.05, 0.1) is 6.42 Å². The van der Waals surface area contributed by atoms with E-state index in [0.29, 0.717) is 22.6 Å². The maximum atomic E-state index is 12.4. The van der Waals surface area contributed by atoms with Gasteiger partial charge in [-0.25, -0.2) is 9.59 Å². The molecule has 0 aliphatic carbocycles. The zero-order valence-electron chi connectivity index (χ0n) is 17.4. The standard InChI is InChI=1S/C20H22N4O8S/c1-9-8-33-17-14(16(26)24(17)15(9)19(29)30)23-13(25)6-10-2-4-11(5-3-10)22-20(31)32-7-12(21)18(27)28/h2-5,12,14,17H,6-8,21H2,1H3,(H,22,31)(H,23,25)(H,27,28)(H,29,30)/t12-,14-,17-/m1/s1. The molecule has 13 heteroatoms. The van der Waals surface area contributed by atoms with Crippen molar-refractivity contribution in [2.45, 2.75) is 30.8 Å². The van der Waals surface area contributed by atoms with Crippen LogP contribution in [0.25, 0.3) is 0 Å². The summed E-state index contributed by atoms with van der Waals surface area (Å²) in [6.07, 6.45) is -0.903. The molecule has 1 aromatic carbocycles. The lowest BCUT2D eigenvalue weighted by molar-refractivity contribution is -0.150. The van der Waals surface area contributed by atoms with Gasteiger partial charge in [0, 0.05) is 11.4 Å². The minimum Gasteiger partial charge on any atom is -0.480 e. The van der Waals surface area contributed by atoms with E-state index in [1.54, 1.807) is 19.1 Å². The topological polar surface area (TPSA) is 188 Å². The van der Waals surface area contributed by atoms with Crippen LogP contribution in [0.2, 0.25) is 0 Å². The Hall–Kier alpha value is -3.58. The average Bonchev–Trinajstić information content (AvgIpc) is 2.76.